The van der Waals surface area contributed by atoms with Gasteiger partial charge in [-0.25, -0.2) is 8.78 Å². The van der Waals surface area contributed by atoms with Crippen LogP contribution in [0.4, 0.5) is 22.0 Å². The molecule has 0 N–H and O–H groups in total. The van der Waals surface area contributed by atoms with Crippen LogP contribution in [-0.4, -0.2) is 9.13 Å². The summed E-state index contributed by atoms with van der Waals surface area (Å²) in [5.74, 6) is -1.73. The lowest BCUT2D eigenvalue weighted by atomic mass is 9.97. The lowest BCUT2D eigenvalue weighted by molar-refractivity contribution is -0.137. The number of hydrogen-bond donors (Lipinski definition) is 0. The predicted octanol–water partition coefficient (Wildman–Crippen LogP) is 17.5. The van der Waals surface area contributed by atoms with Crippen molar-refractivity contribution in [2.24, 2.45) is 0 Å². The molecule has 0 bridgehead atoms. The average Bonchev–Trinajstić information content (AvgIpc) is 3.87. The first-order valence-electron chi connectivity index (χ1n) is 22.3. The van der Waals surface area contributed by atoms with Crippen LogP contribution < -0.4 is 0 Å². The van der Waals surface area contributed by atoms with Gasteiger partial charge in [0.2, 0.25) is 0 Å². The van der Waals surface area contributed by atoms with E-state index in [-0.39, 0.29) is 22.5 Å². The fourth-order valence-corrected chi connectivity index (χ4v) is 9.92. The zero-order valence-electron chi connectivity index (χ0n) is 36.1. The second-order valence-electron chi connectivity index (χ2n) is 17.1. The van der Waals surface area contributed by atoms with Gasteiger partial charge in [-0.05, 0) is 98.6 Å². The summed E-state index contributed by atoms with van der Waals surface area (Å²) in [5, 5.41) is 3.19. The lowest BCUT2D eigenvalue weighted by Gasteiger charge is -2.23. The minimum Gasteiger partial charge on any atom is -0.308 e. The molecule has 0 fully saturated rings. The van der Waals surface area contributed by atoms with Gasteiger partial charge in [0, 0.05) is 33.2 Å². The van der Waals surface area contributed by atoms with Gasteiger partial charge >= 0.3 is 6.18 Å². The van der Waals surface area contributed by atoms with Gasteiger partial charge < -0.3 is 9.13 Å². The van der Waals surface area contributed by atoms with Crippen molar-refractivity contribution in [3.8, 4) is 67.0 Å². The second-order valence-corrected chi connectivity index (χ2v) is 17.1. The Morgan fingerprint density at radius 3 is 0.853 bits per heavy atom. The first-order valence-corrected chi connectivity index (χ1v) is 22.3. The highest BCUT2D eigenvalue weighted by atomic mass is 19.4. The smallest absolute Gasteiger partial charge is 0.308 e. The normalized spacial score (nSPS) is 11.9. The van der Waals surface area contributed by atoms with E-state index in [1.807, 2.05) is 203 Å². The van der Waals surface area contributed by atoms with Crippen LogP contribution in [-0.2, 0) is 6.18 Å². The van der Waals surface area contributed by atoms with Gasteiger partial charge in [0.1, 0.15) is 11.6 Å². The quantitative estimate of drug-likeness (QED) is 0.141. The van der Waals surface area contributed by atoms with Gasteiger partial charge in [0.25, 0.3) is 0 Å². The van der Waals surface area contributed by atoms with Crippen LogP contribution in [0.3, 0.4) is 0 Å². The molecule has 0 aliphatic carbocycles. The van der Waals surface area contributed by atoms with Crippen LogP contribution in [0.15, 0.2) is 224 Å². The molecule has 0 unspecified atom stereocenters. The van der Waals surface area contributed by atoms with E-state index in [2.05, 4.69) is 0 Å². The molecule has 0 aliphatic rings. The van der Waals surface area contributed by atoms with E-state index in [1.54, 1.807) is 0 Å². The van der Waals surface area contributed by atoms with E-state index in [0.29, 0.717) is 22.1 Å². The maximum atomic E-state index is 16.0. The fraction of sp³-hybridized carbons (Fsp3) is 0.0164. The van der Waals surface area contributed by atoms with E-state index in [0.717, 1.165) is 84.3 Å². The monoisotopic (exact) mass is 892 g/mol. The minimum absolute atomic E-state index is 0.0723. The Bertz CT molecular complexity index is 3460. The van der Waals surface area contributed by atoms with Crippen LogP contribution in [0.1, 0.15) is 5.56 Å². The molecule has 0 radical (unpaired) electrons. The summed E-state index contributed by atoms with van der Waals surface area (Å²) < 4.78 is 83.3. The van der Waals surface area contributed by atoms with Crippen molar-refractivity contribution >= 4 is 43.6 Å². The summed E-state index contributed by atoms with van der Waals surface area (Å²) in [7, 11) is 0. The van der Waals surface area contributed by atoms with E-state index in [4.69, 9.17) is 0 Å². The first-order chi connectivity index (χ1) is 33.2. The molecule has 2 aromatic heterocycles. The van der Waals surface area contributed by atoms with Crippen molar-refractivity contribution in [1.82, 2.24) is 9.13 Å². The van der Waals surface area contributed by atoms with Crippen molar-refractivity contribution in [3.05, 3.63) is 242 Å². The second kappa shape index (κ2) is 16.1. The number of hydrogen-bond acceptors (Lipinski definition) is 0. The van der Waals surface area contributed by atoms with Crippen molar-refractivity contribution in [2.75, 3.05) is 0 Å². The van der Waals surface area contributed by atoms with E-state index < -0.39 is 23.4 Å². The molecule has 7 heteroatoms. The van der Waals surface area contributed by atoms with Crippen LogP contribution in [0, 0.1) is 11.6 Å². The fourth-order valence-electron chi connectivity index (χ4n) is 9.92. The summed E-state index contributed by atoms with van der Waals surface area (Å²) >= 11 is 0. The number of aromatic nitrogens is 2. The van der Waals surface area contributed by atoms with Crippen LogP contribution in [0.25, 0.3) is 111 Å². The molecule has 2 nitrogen and oxygen atoms in total. The highest BCUT2D eigenvalue weighted by molar-refractivity contribution is 6.14. The van der Waals surface area contributed by atoms with Gasteiger partial charge in [0.15, 0.2) is 0 Å². The summed E-state index contributed by atoms with van der Waals surface area (Å²) in [6.07, 6.45) is -4.85. The van der Waals surface area contributed by atoms with E-state index in [9.17, 15) is 0 Å². The van der Waals surface area contributed by atoms with E-state index in [1.165, 1.54) is 12.1 Å². The summed E-state index contributed by atoms with van der Waals surface area (Å²) in [6, 6.07) is 68.6. The number of alkyl halides is 3. The third kappa shape index (κ3) is 7.02. The Morgan fingerprint density at radius 1 is 0.279 bits per heavy atom. The van der Waals surface area contributed by atoms with Crippen molar-refractivity contribution in [3.63, 3.8) is 0 Å². The Labute approximate surface area is 388 Å². The molecule has 12 aromatic rings. The lowest BCUT2D eigenvalue weighted by Crippen LogP contribution is -2.11. The van der Waals surface area contributed by atoms with Crippen LogP contribution in [0.5, 0.6) is 0 Å². The molecule has 326 valence electrons. The number of halogens is 5. The van der Waals surface area contributed by atoms with Gasteiger partial charge in [-0.15, -0.1) is 0 Å². The van der Waals surface area contributed by atoms with Gasteiger partial charge in [-0.3, -0.25) is 0 Å². The van der Waals surface area contributed by atoms with Crippen LogP contribution in [0.2, 0.25) is 0 Å². The maximum Gasteiger partial charge on any atom is 0.416 e. The van der Waals surface area contributed by atoms with Gasteiger partial charge in [0.05, 0.1) is 39.0 Å². The number of benzene rings is 10. The van der Waals surface area contributed by atoms with Crippen molar-refractivity contribution in [2.45, 2.75) is 6.18 Å². The van der Waals surface area contributed by atoms with Crippen molar-refractivity contribution in [1.29, 1.82) is 0 Å². The SMILES string of the molecule is Fc1cc(F)cc(-c2c(-n3c4cc(-c5ccccc5)ccc4c4ccc(-c5ccccc5)cc43)cc(C(F)(F)F)cc2-n2c3cc(-c4ccccc4)ccc3c3ccc(-c4ccccc4)cc32)c1. The third-order valence-corrected chi connectivity index (χ3v) is 13.0. The maximum absolute atomic E-state index is 16.0. The predicted molar refractivity (Wildman–Crippen MR) is 267 cm³/mol. The minimum atomic E-state index is -4.85. The summed E-state index contributed by atoms with van der Waals surface area (Å²) in [6.45, 7) is 0. The standard InChI is InChI=1S/C61H37F5N2/c62-48-29-46(30-49(63)37-48)60-58(67-54-31-42(38-13-5-1-6-14-38)21-25-50(54)51-26-22-43(32-55(51)67)39-15-7-2-8-16-39)35-47(61(64,65)66)36-59(60)68-56-33-44(40-17-9-3-10-18-40)23-27-52(56)53-28-24-45(34-57(53)68)41-19-11-4-12-20-41/h1-37H. The van der Waals surface area contributed by atoms with Crippen LogP contribution >= 0.6 is 0 Å². The molecule has 2 heterocycles. The largest absolute Gasteiger partial charge is 0.416 e. The summed E-state index contributed by atoms with van der Waals surface area (Å²) in [5.41, 5.74) is 9.10. The van der Waals surface area contributed by atoms with Gasteiger partial charge in [-0.1, -0.05) is 170 Å². The molecule has 0 spiro atoms. The highest BCUT2D eigenvalue weighted by Gasteiger charge is 2.35. The molecule has 0 aliphatic heterocycles. The summed E-state index contributed by atoms with van der Waals surface area (Å²) in [4.78, 5) is 0. The number of rotatable bonds is 7. The van der Waals surface area contributed by atoms with Gasteiger partial charge in [-0.2, -0.15) is 13.2 Å². The third-order valence-electron chi connectivity index (χ3n) is 13.0. The molecule has 68 heavy (non-hydrogen) atoms. The van der Waals surface area contributed by atoms with E-state index >= 15 is 22.0 Å². The Morgan fingerprint density at radius 2 is 0.574 bits per heavy atom. The molecule has 0 saturated carbocycles. The average molecular weight is 893 g/mol. The van der Waals surface area contributed by atoms with Crippen molar-refractivity contribution < 1.29 is 22.0 Å². The highest BCUT2D eigenvalue weighted by Crippen LogP contribution is 2.47. The number of nitrogens with zero attached hydrogens (tertiary/aromatic N) is 2. The molecule has 0 atom stereocenters. The molecule has 12 rings (SSSR count). The number of fused-ring (bicyclic) bond motifs is 6. The molecular weight excluding hydrogens is 856 g/mol. The molecule has 0 amide bonds. The Hall–Kier alpha value is -8.55. The Balaban J connectivity index is 1.28. The topological polar surface area (TPSA) is 9.86 Å². The zero-order valence-corrected chi connectivity index (χ0v) is 36.1. The molecular formula is C61H37F5N2. The Kier molecular flexibility index (Phi) is 9.69. The molecule has 0 saturated heterocycles. The first kappa shape index (κ1) is 40.9. The zero-order chi connectivity index (χ0) is 46.1. The molecule has 10 aromatic carbocycles.